The molecule has 3 aromatic rings. The molecule has 1 aromatic heterocycles. The van der Waals surface area contributed by atoms with Crippen LogP contribution in [0, 0.1) is 17.7 Å². The molecule has 0 aliphatic rings. The molecule has 39 heavy (non-hydrogen) atoms. The molecule has 2 aromatic carbocycles. The topological polar surface area (TPSA) is 117 Å². The fourth-order valence-electron chi connectivity index (χ4n) is 4.71. The molecule has 1 unspecified atom stereocenters. The number of amides is 1. The minimum Gasteiger partial charge on any atom is -0.481 e. The number of rotatable bonds is 16. The summed E-state index contributed by atoms with van der Waals surface area (Å²) in [5, 5.41) is 23.3. The average Bonchev–Trinajstić information content (AvgIpc) is 3.45. The van der Waals surface area contributed by atoms with Crippen molar-refractivity contribution >= 4 is 23.5 Å². The molecule has 0 aliphatic heterocycles. The Balaban J connectivity index is 1.69. The minimum absolute atomic E-state index is 0.128. The Bertz CT molecular complexity index is 1190. The predicted molar refractivity (Wildman–Crippen MR) is 148 cm³/mol. The number of carbonyl (C=O) groups is 2. The number of halogens is 2. The lowest BCUT2D eigenvalue weighted by atomic mass is 9.89. The van der Waals surface area contributed by atoms with E-state index in [9.17, 15) is 19.1 Å². The summed E-state index contributed by atoms with van der Waals surface area (Å²) in [6, 6.07) is 11.2. The summed E-state index contributed by atoms with van der Waals surface area (Å²) in [5.41, 5.74) is 2.07. The molecule has 8 nitrogen and oxygen atoms in total. The van der Waals surface area contributed by atoms with Crippen LogP contribution in [0.25, 0.3) is 11.1 Å². The number of aliphatic carboxylic acids is 1. The number of benzene rings is 2. The van der Waals surface area contributed by atoms with Crippen LogP contribution < -0.4 is 5.32 Å². The number of nitrogens with one attached hydrogen (secondary N) is 2. The van der Waals surface area contributed by atoms with E-state index in [-0.39, 0.29) is 17.9 Å². The smallest absolute Gasteiger partial charge is 0.306 e. The lowest BCUT2D eigenvalue weighted by Crippen LogP contribution is -2.39. The highest BCUT2D eigenvalue weighted by atomic mass is 35.5. The van der Waals surface area contributed by atoms with E-state index in [2.05, 4.69) is 27.7 Å². The maximum absolute atomic E-state index is 14.3. The van der Waals surface area contributed by atoms with E-state index in [1.54, 1.807) is 25.3 Å². The van der Waals surface area contributed by atoms with Crippen LogP contribution in [-0.4, -0.2) is 52.2 Å². The van der Waals surface area contributed by atoms with E-state index in [0.717, 1.165) is 37.9 Å². The molecule has 1 amide bonds. The fraction of sp³-hybridized carbons (Fsp3) is 0.448. The van der Waals surface area contributed by atoms with Crippen LogP contribution in [0.3, 0.4) is 0 Å². The van der Waals surface area contributed by atoms with Crippen molar-refractivity contribution in [3.8, 4) is 11.1 Å². The predicted octanol–water partition coefficient (Wildman–Crippen LogP) is 5.93. The first-order chi connectivity index (χ1) is 18.8. The highest BCUT2D eigenvalue weighted by molar-refractivity contribution is 6.30. The molecule has 0 bridgehead atoms. The number of carboxylic acid groups (broad SMARTS) is 1. The van der Waals surface area contributed by atoms with Gasteiger partial charge in [0.2, 0.25) is 0 Å². The summed E-state index contributed by atoms with van der Waals surface area (Å²) >= 11 is 6.04. The van der Waals surface area contributed by atoms with E-state index in [1.165, 1.54) is 18.3 Å². The zero-order valence-corrected chi connectivity index (χ0v) is 23.1. The lowest BCUT2D eigenvalue weighted by Gasteiger charge is -2.23. The van der Waals surface area contributed by atoms with Gasteiger partial charge in [0.1, 0.15) is 5.82 Å². The summed E-state index contributed by atoms with van der Waals surface area (Å²) in [6.07, 6.45) is 6.25. The number of aromatic amines is 1. The van der Waals surface area contributed by atoms with Gasteiger partial charge in [0, 0.05) is 30.3 Å². The second-order valence-electron chi connectivity index (χ2n) is 9.99. The van der Waals surface area contributed by atoms with Crippen molar-refractivity contribution in [1.82, 2.24) is 20.7 Å². The second-order valence-corrected chi connectivity index (χ2v) is 10.4. The van der Waals surface area contributed by atoms with Crippen molar-refractivity contribution in [2.24, 2.45) is 11.8 Å². The number of nitrogens with zero attached hydrogens (tertiary/aromatic N) is 2. The number of H-pyrrole nitrogens is 1. The van der Waals surface area contributed by atoms with Crippen molar-refractivity contribution < 1.29 is 23.8 Å². The lowest BCUT2D eigenvalue weighted by molar-refractivity contribution is -0.142. The Kier molecular flexibility index (Phi) is 11.9. The number of hydrogen-bond acceptors (Lipinski definition) is 5. The molecule has 3 rings (SSSR count). The summed E-state index contributed by atoms with van der Waals surface area (Å²) in [6.45, 7) is 2.90. The van der Waals surface area contributed by atoms with E-state index in [0.29, 0.717) is 34.9 Å². The Morgan fingerprint density at radius 2 is 1.87 bits per heavy atom. The van der Waals surface area contributed by atoms with Crippen LogP contribution in [0.5, 0.6) is 0 Å². The van der Waals surface area contributed by atoms with Crippen molar-refractivity contribution in [3.63, 3.8) is 0 Å². The number of aromatic nitrogens is 3. The molecule has 210 valence electrons. The van der Waals surface area contributed by atoms with Crippen LogP contribution in [0.2, 0.25) is 5.02 Å². The first kappa shape index (κ1) is 30.2. The van der Waals surface area contributed by atoms with Gasteiger partial charge in [0.05, 0.1) is 12.1 Å². The Morgan fingerprint density at radius 3 is 2.54 bits per heavy atom. The molecule has 0 fully saturated rings. The van der Waals surface area contributed by atoms with E-state index in [4.69, 9.17) is 16.3 Å². The molecule has 0 radical (unpaired) electrons. The number of ether oxygens (including phenoxy) is 1. The van der Waals surface area contributed by atoms with Crippen LogP contribution in [-0.2, 0) is 16.0 Å². The Hall–Kier alpha value is -3.30. The van der Waals surface area contributed by atoms with Crippen molar-refractivity contribution in [1.29, 1.82) is 0 Å². The quantitative estimate of drug-likeness (QED) is 0.188. The summed E-state index contributed by atoms with van der Waals surface area (Å²) in [5.74, 6) is -1.81. The maximum atomic E-state index is 14.3. The zero-order valence-electron chi connectivity index (χ0n) is 22.3. The molecule has 10 heteroatoms. The van der Waals surface area contributed by atoms with Crippen molar-refractivity contribution in [2.45, 2.75) is 57.9 Å². The number of carboxylic acids is 1. The SMILES string of the molecule is COCCCC(C)CCC[C@H](C[C@@H](Cc1ccc(-c2cc(Cl)ccc2F)cc1)NC(=O)c1cn[nH]n1)C(=O)O. The summed E-state index contributed by atoms with van der Waals surface area (Å²) in [4.78, 5) is 24.9. The minimum atomic E-state index is -0.880. The van der Waals surface area contributed by atoms with Gasteiger partial charge in [-0.2, -0.15) is 15.4 Å². The molecule has 1 heterocycles. The normalized spacial score (nSPS) is 13.5. The number of carbonyl (C=O) groups excluding carboxylic acids is 1. The van der Waals surface area contributed by atoms with E-state index < -0.39 is 23.8 Å². The zero-order chi connectivity index (χ0) is 28.2. The summed E-state index contributed by atoms with van der Waals surface area (Å²) in [7, 11) is 1.69. The Morgan fingerprint density at radius 1 is 1.13 bits per heavy atom. The van der Waals surface area contributed by atoms with Gasteiger partial charge in [-0.25, -0.2) is 4.39 Å². The van der Waals surface area contributed by atoms with Gasteiger partial charge in [-0.15, -0.1) is 0 Å². The third-order valence-electron chi connectivity index (χ3n) is 6.87. The van der Waals surface area contributed by atoms with Gasteiger partial charge in [-0.3, -0.25) is 9.59 Å². The van der Waals surface area contributed by atoms with Crippen LogP contribution in [0.1, 0.15) is 61.5 Å². The van der Waals surface area contributed by atoms with Crippen LogP contribution >= 0.6 is 11.6 Å². The summed E-state index contributed by atoms with van der Waals surface area (Å²) < 4.78 is 19.4. The number of hydrogen-bond donors (Lipinski definition) is 3. The highest BCUT2D eigenvalue weighted by Gasteiger charge is 2.25. The second kappa shape index (κ2) is 15.3. The highest BCUT2D eigenvalue weighted by Crippen LogP contribution is 2.27. The molecular weight excluding hydrogens is 523 g/mol. The molecule has 0 spiro atoms. The van der Waals surface area contributed by atoms with Crippen molar-refractivity contribution in [2.75, 3.05) is 13.7 Å². The molecule has 0 saturated carbocycles. The standard InChI is InChI=1S/C29H36ClFN4O4/c1-19(6-4-14-39-2)5-3-7-22(29(37)38)16-24(33-28(36)27-18-32-35-34-27)15-20-8-10-21(11-9-20)25-17-23(30)12-13-26(25)31/h8-13,17-19,22,24H,3-7,14-16H2,1-2H3,(H,33,36)(H,37,38)(H,32,34,35)/t19?,22-,24-/m1/s1. The van der Waals surface area contributed by atoms with Crippen molar-refractivity contribution in [3.05, 3.63) is 70.8 Å². The number of methoxy groups -OCH3 is 1. The maximum Gasteiger partial charge on any atom is 0.306 e. The molecular formula is C29H36ClFN4O4. The largest absolute Gasteiger partial charge is 0.481 e. The molecule has 0 saturated heterocycles. The fourth-order valence-corrected chi connectivity index (χ4v) is 4.88. The van der Waals surface area contributed by atoms with Gasteiger partial charge in [0.25, 0.3) is 5.91 Å². The average molecular weight is 559 g/mol. The first-order valence-corrected chi connectivity index (χ1v) is 13.6. The van der Waals surface area contributed by atoms with Gasteiger partial charge in [0.15, 0.2) is 5.69 Å². The van der Waals surface area contributed by atoms with Gasteiger partial charge < -0.3 is 15.2 Å². The van der Waals surface area contributed by atoms with E-state index in [1.807, 2.05) is 12.1 Å². The Labute approximate surface area is 233 Å². The molecule has 3 N–H and O–H groups in total. The van der Waals surface area contributed by atoms with E-state index >= 15 is 0 Å². The van der Waals surface area contributed by atoms with Gasteiger partial charge >= 0.3 is 5.97 Å². The molecule has 0 aliphatic carbocycles. The first-order valence-electron chi connectivity index (χ1n) is 13.2. The van der Waals surface area contributed by atoms with Gasteiger partial charge in [-0.05, 0) is 67.3 Å². The molecule has 3 atom stereocenters. The third-order valence-corrected chi connectivity index (χ3v) is 7.11. The monoisotopic (exact) mass is 558 g/mol. The van der Waals surface area contributed by atoms with Gasteiger partial charge in [-0.1, -0.05) is 55.6 Å². The third kappa shape index (κ3) is 9.75. The van der Waals surface area contributed by atoms with Crippen LogP contribution in [0.15, 0.2) is 48.7 Å². The van der Waals surface area contributed by atoms with Crippen LogP contribution in [0.4, 0.5) is 4.39 Å².